The Hall–Kier alpha value is -8.41. The van der Waals surface area contributed by atoms with E-state index in [0.29, 0.717) is 17.5 Å². The summed E-state index contributed by atoms with van der Waals surface area (Å²) in [7, 11) is 0. The lowest BCUT2D eigenvalue weighted by Crippen LogP contribution is -2.10. The van der Waals surface area contributed by atoms with Gasteiger partial charge in [0.05, 0.1) is 5.56 Å². The van der Waals surface area contributed by atoms with Crippen LogP contribution in [0.15, 0.2) is 235 Å². The lowest BCUT2D eigenvalue weighted by atomic mass is 10.0. The van der Waals surface area contributed by atoms with Crippen LogP contribution in [0.3, 0.4) is 0 Å². The standard InChI is InChI=1S/C57H38N4O/c1-5-15-39(16-6-1)41-27-32-47(33-28-41)61(49-24-13-23-45(37-49)40-17-7-2-8-18-40)48-34-29-42(30-35-48)46-31-36-50-51-25-14-26-52(54(51)62-53(50)38-46)57-59-55(43-19-9-3-10-20-43)58-56(60-57)44-21-11-4-12-22-44/h1-38H. The van der Waals surface area contributed by atoms with Crippen molar-refractivity contribution < 1.29 is 4.42 Å². The molecule has 0 radical (unpaired) electrons. The highest BCUT2D eigenvalue weighted by Crippen LogP contribution is 2.40. The number of aromatic nitrogens is 3. The van der Waals surface area contributed by atoms with Crippen LogP contribution in [-0.2, 0) is 0 Å². The summed E-state index contributed by atoms with van der Waals surface area (Å²) in [6.45, 7) is 0. The van der Waals surface area contributed by atoms with Gasteiger partial charge in [-0.15, -0.1) is 0 Å². The van der Waals surface area contributed by atoms with Crippen molar-refractivity contribution in [2.75, 3.05) is 4.90 Å². The molecular formula is C57H38N4O. The molecule has 0 saturated heterocycles. The minimum Gasteiger partial charge on any atom is -0.455 e. The molecule has 2 aromatic heterocycles. The van der Waals surface area contributed by atoms with Crippen LogP contribution in [0.2, 0.25) is 0 Å². The minimum absolute atomic E-state index is 0.562. The highest BCUT2D eigenvalue weighted by atomic mass is 16.3. The number of hydrogen-bond acceptors (Lipinski definition) is 5. The third kappa shape index (κ3) is 7.08. The van der Waals surface area contributed by atoms with Crippen molar-refractivity contribution >= 4 is 39.0 Å². The Balaban J connectivity index is 0.964. The Kier molecular flexibility index (Phi) is 9.45. The van der Waals surface area contributed by atoms with E-state index in [2.05, 4.69) is 163 Å². The number of fused-ring (bicyclic) bond motifs is 3. The van der Waals surface area contributed by atoms with E-state index in [9.17, 15) is 0 Å². The molecule has 9 aromatic carbocycles. The van der Waals surface area contributed by atoms with Gasteiger partial charge in [0, 0.05) is 39.0 Å². The monoisotopic (exact) mass is 794 g/mol. The summed E-state index contributed by atoms with van der Waals surface area (Å²) in [6, 6.07) is 80.1. The van der Waals surface area contributed by atoms with E-state index in [0.717, 1.165) is 72.4 Å². The Morgan fingerprint density at radius 1 is 0.290 bits per heavy atom. The normalized spacial score (nSPS) is 11.2. The Morgan fingerprint density at radius 3 is 1.31 bits per heavy atom. The van der Waals surface area contributed by atoms with Crippen LogP contribution >= 0.6 is 0 Å². The highest BCUT2D eigenvalue weighted by molar-refractivity contribution is 6.10. The number of nitrogens with zero attached hydrogens (tertiary/aromatic N) is 4. The smallest absolute Gasteiger partial charge is 0.167 e. The molecule has 0 spiro atoms. The van der Waals surface area contributed by atoms with E-state index >= 15 is 0 Å². The summed E-state index contributed by atoms with van der Waals surface area (Å²) in [6.07, 6.45) is 0. The largest absolute Gasteiger partial charge is 0.455 e. The molecule has 11 aromatic rings. The van der Waals surface area contributed by atoms with E-state index in [1.165, 1.54) is 16.7 Å². The summed E-state index contributed by atoms with van der Waals surface area (Å²) in [4.78, 5) is 17.2. The van der Waals surface area contributed by atoms with Crippen LogP contribution in [0.1, 0.15) is 0 Å². The average Bonchev–Trinajstić information content (AvgIpc) is 3.74. The van der Waals surface area contributed by atoms with Crippen molar-refractivity contribution in [2.24, 2.45) is 0 Å². The molecule has 11 rings (SSSR count). The summed E-state index contributed by atoms with van der Waals surface area (Å²) in [5, 5.41) is 2.04. The molecular weight excluding hydrogens is 757 g/mol. The van der Waals surface area contributed by atoms with Crippen LogP contribution in [0, 0.1) is 0 Å². The first-order valence-electron chi connectivity index (χ1n) is 20.8. The van der Waals surface area contributed by atoms with Gasteiger partial charge >= 0.3 is 0 Å². The van der Waals surface area contributed by atoms with Gasteiger partial charge in [-0.3, -0.25) is 0 Å². The molecule has 2 heterocycles. The minimum atomic E-state index is 0.562. The van der Waals surface area contributed by atoms with Gasteiger partial charge in [0.1, 0.15) is 11.2 Å². The quantitative estimate of drug-likeness (QED) is 0.146. The number of furan rings is 1. The van der Waals surface area contributed by atoms with Gasteiger partial charge in [-0.25, -0.2) is 15.0 Å². The molecule has 0 fully saturated rings. The molecule has 5 nitrogen and oxygen atoms in total. The van der Waals surface area contributed by atoms with Crippen molar-refractivity contribution in [3.8, 4) is 67.5 Å². The maximum absolute atomic E-state index is 6.75. The molecule has 0 aliphatic carbocycles. The van der Waals surface area contributed by atoms with Gasteiger partial charge in [0.15, 0.2) is 17.5 Å². The maximum atomic E-state index is 6.75. The number of hydrogen-bond donors (Lipinski definition) is 0. The van der Waals surface area contributed by atoms with Crippen molar-refractivity contribution in [1.29, 1.82) is 0 Å². The first-order valence-corrected chi connectivity index (χ1v) is 20.8. The number of anilines is 3. The third-order valence-corrected chi connectivity index (χ3v) is 11.3. The number of rotatable bonds is 9. The van der Waals surface area contributed by atoms with Gasteiger partial charge in [0.2, 0.25) is 0 Å². The molecule has 292 valence electrons. The van der Waals surface area contributed by atoms with Crippen LogP contribution in [0.25, 0.3) is 89.5 Å². The predicted molar refractivity (Wildman–Crippen MR) is 254 cm³/mol. The zero-order valence-corrected chi connectivity index (χ0v) is 33.6. The second-order valence-electron chi connectivity index (χ2n) is 15.2. The van der Waals surface area contributed by atoms with Crippen molar-refractivity contribution in [2.45, 2.75) is 0 Å². The number of para-hydroxylation sites is 1. The van der Waals surface area contributed by atoms with E-state index in [1.807, 2.05) is 72.8 Å². The molecule has 5 heteroatoms. The molecule has 0 atom stereocenters. The van der Waals surface area contributed by atoms with E-state index < -0.39 is 0 Å². The van der Waals surface area contributed by atoms with Crippen molar-refractivity contribution in [3.63, 3.8) is 0 Å². The van der Waals surface area contributed by atoms with Crippen molar-refractivity contribution in [1.82, 2.24) is 15.0 Å². The Labute approximate surface area is 359 Å². The van der Waals surface area contributed by atoms with Gasteiger partial charge in [-0.1, -0.05) is 176 Å². The van der Waals surface area contributed by atoms with Crippen LogP contribution in [0.4, 0.5) is 17.1 Å². The van der Waals surface area contributed by atoms with Crippen LogP contribution in [0.5, 0.6) is 0 Å². The summed E-state index contributed by atoms with van der Waals surface area (Å²) in [5.74, 6) is 1.78. The molecule has 0 amide bonds. The topological polar surface area (TPSA) is 55.1 Å². The summed E-state index contributed by atoms with van der Waals surface area (Å²) in [5.41, 5.74) is 14.3. The molecule has 0 bridgehead atoms. The number of benzene rings is 9. The van der Waals surface area contributed by atoms with E-state index in [-0.39, 0.29) is 0 Å². The Morgan fingerprint density at radius 2 is 0.726 bits per heavy atom. The Bertz CT molecular complexity index is 3260. The zero-order valence-electron chi connectivity index (χ0n) is 33.6. The van der Waals surface area contributed by atoms with Gasteiger partial charge in [-0.2, -0.15) is 0 Å². The summed E-state index contributed by atoms with van der Waals surface area (Å²) < 4.78 is 6.75. The SMILES string of the molecule is c1ccc(-c2ccc(N(c3ccc(-c4ccc5c(c4)oc4c(-c6nc(-c7ccccc7)nc(-c7ccccc7)n6)cccc45)cc3)c3cccc(-c4ccccc4)c3)cc2)cc1. The summed E-state index contributed by atoms with van der Waals surface area (Å²) >= 11 is 0. The fourth-order valence-corrected chi connectivity index (χ4v) is 8.22. The molecule has 0 N–H and O–H groups in total. The second kappa shape index (κ2) is 16.0. The maximum Gasteiger partial charge on any atom is 0.167 e. The van der Waals surface area contributed by atoms with E-state index in [1.54, 1.807) is 0 Å². The molecule has 62 heavy (non-hydrogen) atoms. The van der Waals surface area contributed by atoms with Crippen LogP contribution in [-0.4, -0.2) is 15.0 Å². The second-order valence-corrected chi connectivity index (χ2v) is 15.2. The highest BCUT2D eigenvalue weighted by Gasteiger charge is 2.19. The predicted octanol–water partition coefficient (Wildman–Crippen LogP) is 15.2. The molecule has 0 aliphatic heterocycles. The lowest BCUT2D eigenvalue weighted by Gasteiger charge is -2.26. The van der Waals surface area contributed by atoms with Gasteiger partial charge in [0.25, 0.3) is 0 Å². The fraction of sp³-hybridized carbons (Fsp3) is 0. The first-order chi connectivity index (χ1) is 30.7. The van der Waals surface area contributed by atoms with Crippen molar-refractivity contribution in [3.05, 3.63) is 231 Å². The average molecular weight is 795 g/mol. The zero-order chi connectivity index (χ0) is 41.2. The van der Waals surface area contributed by atoms with Gasteiger partial charge in [-0.05, 0) is 88.0 Å². The van der Waals surface area contributed by atoms with E-state index in [4.69, 9.17) is 19.4 Å². The fourth-order valence-electron chi connectivity index (χ4n) is 8.22. The molecule has 0 saturated carbocycles. The van der Waals surface area contributed by atoms with Gasteiger partial charge < -0.3 is 9.32 Å². The first kappa shape index (κ1) is 36.7. The third-order valence-electron chi connectivity index (χ3n) is 11.3. The van der Waals surface area contributed by atoms with Crippen LogP contribution < -0.4 is 4.90 Å². The molecule has 0 aliphatic rings. The lowest BCUT2D eigenvalue weighted by molar-refractivity contribution is 0.669. The molecule has 0 unspecified atom stereocenters.